The molecule has 9 heteroatoms. The molecule has 0 saturated carbocycles. The summed E-state index contributed by atoms with van der Waals surface area (Å²) < 4.78 is 49.7. The molecule has 0 heterocycles. The lowest BCUT2D eigenvalue weighted by atomic mass is 10.1. The van der Waals surface area contributed by atoms with E-state index in [0.717, 1.165) is 0 Å². The van der Waals surface area contributed by atoms with Crippen LogP contribution in [0.25, 0.3) is 0 Å². The van der Waals surface area contributed by atoms with Gasteiger partial charge in [-0.05, 0) is 43.3 Å². The van der Waals surface area contributed by atoms with Crippen molar-refractivity contribution >= 4 is 11.8 Å². The Hall–Kier alpha value is -3.36. The largest absolute Gasteiger partial charge is 0.497 e. The van der Waals surface area contributed by atoms with Gasteiger partial charge < -0.3 is 23.7 Å². The molecular formula is C20H20F2O7. The highest BCUT2D eigenvalue weighted by Gasteiger charge is 2.19. The lowest BCUT2D eigenvalue weighted by Gasteiger charge is -2.13. The van der Waals surface area contributed by atoms with Crippen molar-refractivity contribution < 1.29 is 42.1 Å². The molecule has 0 aliphatic carbocycles. The molecular weight excluding hydrogens is 390 g/mol. The van der Waals surface area contributed by atoms with Gasteiger partial charge in [0.15, 0.2) is 18.1 Å². The zero-order valence-electron chi connectivity index (χ0n) is 16.1. The predicted molar refractivity (Wildman–Crippen MR) is 98.4 cm³/mol. The van der Waals surface area contributed by atoms with E-state index in [9.17, 15) is 18.4 Å². The summed E-state index contributed by atoms with van der Waals surface area (Å²) in [6.45, 7) is -1.77. The zero-order valence-corrected chi connectivity index (χ0v) is 16.1. The topological polar surface area (TPSA) is 80.3 Å². The quantitative estimate of drug-likeness (QED) is 0.436. The molecule has 0 unspecified atom stereocenters. The second-order valence-corrected chi connectivity index (χ2v) is 5.54. The second-order valence-electron chi connectivity index (χ2n) is 5.54. The molecule has 29 heavy (non-hydrogen) atoms. The van der Waals surface area contributed by atoms with Crippen molar-refractivity contribution in [2.24, 2.45) is 0 Å². The number of rotatable bonds is 10. The molecule has 0 radical (unpaired) electrons. The Balaban J connectivity index is 2.12. The maximum absolute atomic E-state index is 12.5. The van der Waals surface area contributed by atoms with Gasteiger partial charge in [0.05, 0.1) is 32.0 Å². The first kappa shape index (κ1) is 21.9. The number of carbonyl (C=O) groups excluding carboxylic acids is 2. The number of alkyl halides is 2. The van der Waals surface area contributed by atoms with Gasteiger partial charge in [0.25, 0.3) is 0 Å². The minimum Gasteiger partial charge on any atom is -0.497 e. The van der Waals surface area contributed by atoms with Crippen molar-refractivity contribution in [3.8, 4) is 23.0 Å². The van der Waals surface area contributed by atoms with Crippen LogP contribution >= 0.6 is 0 Å². The van der Waals surface area contributed by atoms with E-state index in [-0.39, 0.29) is 29.2 Å². The molecule has 0 aromatic heterocycles. The van der Waals surface area contributed by atoms with E-state index in [1.807, 2.05) is 0 Å². The molecule has 0 saturated heterocycles. The van der Waals surface area contributed by atoms with E-state index in [1.165, 1.54) is 38.5 Å². The van der Waals surface area contributed by atoms with Crippen LogP contribution in [-0.4, -0.2) is 45.8 Å². The summed E-state index contributed by atoms with van der Waals surface area (Å²) in [6, 6.07) is 8.27. The van der Waals surface area contributed by atoms with Gasteiger partial charge >= 0.3 is 12.6 Å². The number of methoxy groups -OCH3 is 2. The van der Waals surface area contributed by atoms with Gasteiger partial charge in [-0.3, -0.25) is 4.79 Å². The summed E-state index contributed by atoms with van der Waals surface area (Å²) >= 11 is 0. The SMILES string of the molecule is CCOc1cc(C(=O)OCC(=O)c2cc(OC)ccc2OC)ccc1OC(F)F. The minimum absolute atomic E-state index is 0.0143. The van der Waals surface area contributed by atoms with Gasteiger partial charge in [-0.2, -0.15) is 8.78 Å². The Morgan fingerprint density at radius 3 is 2.31 bits per heavy atom. The first-order valence-corrected chi connectivity index (χ1v) is 8.53. The molecule has 0 amide bonds. The number of hydrogen-bond donors (Lipinski definition) is 0. The van der Waals surface area contributed by atoms with E-state index < -0.39 is 25.0 Å². The van der Waals surface area contributed by atoms with Gasteiger partial charge in [0.1, 0.15) is 11.5 Å². The molecule has 0 aliphatic rings. The highest BCUT2D eigenvalue weighted by Crippen LogP contribution is 2.30. The maximum atomic E-state index is 12.5. The molecule has 2 aromatic rings. The molecule has 2 rings (SSSR count). The number of hydrogen-bond acceptors (Lipinski definition) is 7. The van der Waals surface area contributed by atoms with Crippen LogP contribution in [0.3, 0.4) is 0 Å². The van der Waals surface area contributed by atoms with Crippen LogP contribution in [0, 0.1) is 0 Å². The summed E-state index contributed by atoms with van der Waals surface area (Å²) in [5, 5.41) is 0. The van der Waals surface area contributed by atoms with Crippen LogP contribution in [0.1, 0.15) is 27.6 Å². The fourth-order valence-corrected chi connectivity index (χ4v) is 2.42. The smallest absolute Gasteiger partial charge is 0.387 e. The van der Waals surface area contributed by atoms with Gasteiger partial charge in [0.2, 0.25) is 5.78 Å². The average Bonchev–Trinajstić information content (AvgIpc) is 2.72. The fourth-order valence-electron chi connectivity index (χ4n) is 2.42. The van der Waals surface area contributed by atoms with Crippen LogP contribution in [0.5, 0.6) is 23.0 Å². The third-order valence-electron chi connectivity index (χ3n) is 3.74. The predicted octanol–water partition coefficient (Wildman–Crippen LogP) is 3.74. The Morgan fingerprint density at radius 2 is 1.69 bits per heavy atom. The number of esters is 1. The minimum atomic E-state index is -3.04. The van der Waals surface area contributed by atoms with Crippen LogP contribution in [0.2, 0.25) is 0 Å². The zero-order chi connectivity index (χ0) is 21.4. The lowest BCUT2D eigenvalue weighted by Crippen LogP contribution is -2.15. The normalized spacial score (nSPS) is 10.4. The summed E-state index contributed by atoms with van der Waals surface area (Å²) in [5.41, 5.74) is 0.204. The van der Waals surface area contributed by atoms with Crippen LogP contribution in [-0.2, 0) is 4.74 Å². The molecule has 0 fully saturated rings. The van der Waals surface area contributed by atoms with Crippen LogP contribution in [0.15, 0.2) is 36.4 Å². The number of benzene rings is 2. The average molecular weight is 410 g/mol. The van der Waals surface area contributed by atoms with Crippen molar-refractivity contribution in [1.82, 2.24) is 0 Å². The Bertz CT molecular complexity index is 868. The standard InChI is InChI=1S/C20H20F2O7/c1-4-27-18-9-12(5-7-17(18)29-20(21)22)19(24)28-11-15(23)14-10-13(25-2)6-8-16(14)26-3/h5-10,20H,4,11H2,1-3H3. The summed E-state index contributed by atoms with van der Waals surface area (Å²) in [7, 11) is 2.86. The second kappa shape index (κ2) is 10.3. The van der Waals surface area contributed by atoms with Gasteiger partial charge in [-0.15, -0.1) is 0 Å². The van der Waals surface area contributed by atoms with Gasteiger partial charge in [-0.25, -0.2) is 4.79 Å². The highest BCUT2D eigenvalue weighted by atomic mass is 19.3. The van der Waals surface area contributed by atoms with Crippen LogP contribution < -0.4 is 18.9 Å². The molecule has 2 aromatic carbocycles. The molecule has 0 aliphatic heterocycles. The first-order valence-electron chi connectivity index (χ1n) is 8.53. The summed E-state index contributed by atoms with van der Waals surface area (Å²) in [5.74, 6) is -0.837. The molecule has 7 nitrogen and oxygen atoms in total. The first-order chi connectivity index (χ1) is 13.9. The summed E-state index contributed by atoms with van der Waals surface area (Å²) in [6.07, 6.45) is 0. The van der Waals surface area contributed by atoms with Gasteiger partial charge in [-0.1, -0.05) is 0 Å². The molecule has 156 valence electrons. The molecule has 0 spiro atoms. The van der Waals surface area contributed by atoms with E-state index in [2.05, 4.69) is 4.74 Å². The lowest BCUT2D eigenvalue weighted by molar-refractivity contribution is -0.0514. The number of carbonyl (C=O) groups is 2. The Morgan fingerprint density at radius 1 is 0.966 bits per heavy atom. The van der Waals surface area contributed by atoms with Crippen molar-refractivity contribution in [3.05, 3.63) is 47.5 Å². The molecule has 0 N–H and O–H groups in total. The van der Waals surface area contributed by atoms with E-state index in [1.54, 1.807) is 19.1 Å². The van der Waals surface area contributed by atoms with E-state index >= 15 is 0 Å². The highest BCUT2D eigenvalue weighted by molar-refractivity contribution is 6.01. The van der Waals surface area contributed by atoms with Crippen molar-refractivity contribution in [3.63, 3.8) is 0 Å². The van der Waals surface area contributed by atoms with Crippen molar-refractivity contribution in [2.45, 2.75) is 13.5 Å². The van der Waals surface area contributed by atoms with Crippen LogP contribution in [0.4, 0.5) is 8.78 Å². The van der Waals surface area contributed by atoms with Crippen molar-refractivity contribution in [2.75, 3.05) is 27.4 Å². The fraction of sp³-hybridized carbons (Fsp3) is 0.300. The van der Waals surface area contributed by atoms with Gasteiger partial charge in [0, 0.05) is 0 Å². The molecule has 0 atom stereocenters. The number of Topliss-reactive ketones (excluding diaryl/α,β-unsaturated/α-hetero) is 1. The Kier molecular flexibility index (Phi) is 7.76. The third kappa shape index (κ3) is 5.81. The van der Waals surface area contributed by atoms with Crippen molar-refractivity contribution in [1.29, 1.82) is 0 Å². The Labute approximate surface area is 166 Å². The monoisotopic (exact) mass is 410 g/mol. The number of ether oxygens (including phenoxy) is 5. The van der Waals surface area contributed by atoms with E-state index in [4.69, 9.17) is 18.9 Å². The number of halogens is 2. The van der Waals surface area contributed by atoms with E-state index in [0.29, 0.717) is 11.5 Å². The summed E-state index contributed by atoms with van der Waals surface area (Å²) in [4.78, 5) is 24.7. The number of ketones is 1. The molecule has 0 bridgehead atoms. The third-order valence-corrected chi connectivity index (χ3v) is 3.74. The maximum Gasteiger partial charge on any atom is 0.387 e.